The summed E-state index contributed by atoms with van der Waals surface area (Å²) in [6.07, 6.45) is 4.09. The molecule has 0 radical (unpaired) electrons. The Bertz CT molecular complexity index is 490. The Morgan fingerprint density at radius 3 is 2.71 bits per heavy atom. The van der Waals surface area contributed by atoms with Crippen LogP contribution in [0.25, 0.3) is 0 Å². The highest BCUT2D eigenvalue weighted by molar-refractivity contribution is 5.81. The van der Waals surface area contributed by atoms with Crippen LogP contribution < -0.4 is 5.32 Å². The van der Waals surface area contributed by atoms with Gasteiger partial charge in [-0.3, -0.25) is 14.6 Å². The molecule has 1 amide bonds. The molecule has 6 heteroatoms. The molecule has 0 bridgehead atoms. The topological polar surface area (TPSA) is 61.6 Å². The first-order valence-electron chi connectivity index (χ1n) is 7.80. The van der Waals surface area contributed by atoms with Gasteiger partial charge in [-0.05, 0) is 26.7 Å². The van der Waals surface area contributed by atoms with Crippen molar-refractivity contribution >= 4 is 5.91 Å². The van der Waals surface area contributed by atoms with Crippen molar-refractivity contribution in [2.24, 2.45) is 0 Å². The maximum absolute atomic E-state index is 12.1. The van der Waals surface area contributed by atoms with E-state index in [2.05, 4.69) is 20.3 Å². The smallest absolute Gasteiger partial charge is 0.237 e. The Morgan fingerprint density at radius 1 is 1.43 bits per heavy atom. The predicted molar refractivity (Wildman–Crippen MR) is 78.7 cm³/mol. The van der Waals surface area contributed by atoms with E-state index in [1.165, 1.54) is 0 Å². The van der Waals surface area contributed by atoms with Crippen molar-refractivity contribution in [1.29, 1.82) is 0 Å². The highest BCUT2D eigenvalue weighted by atomic mass is 16.5. The summed E-state index contributed by atoms with van der Waals surface area (Å²) >= 11 is 0. The average Bonchev–Trinajstić information content (AvgIpc) is 3.21. The Morgan fingerprint density at radius 2 is 2.14 bits per heavy atom. The van der Waals surface area contributed by atoms with Crippen LogP contribution in [0.15, 0.2) is 10.7 Å². The standard InChI is InChI=1S/C15H24N4O2/c1-11(15(20)17-14-3-4-14)19-7-5-18(6-8-19)10-13-9-16-21-12(13)2/h9,11,14H,3-8,10H2,1-2H3,(H,17,20). The van der Waals surface area contributed by atoms with E-state index in [-0.39, 0.29) is 11.9 Å². The number of amides is 1. The van der Waals surface area contributed by atoms with E-state index in [1.54, 1.807) is 6.20 Å². The average molecular weight is 292 g/mol. The van der Waals surface area contributed by atoms with Gasteiger partial charge in [0.1, 0.15) is 5.76 Å². The van der Waals surface area contributed by atoms with E-state index in [9.17, 15) is 4.79 Å². The first-order valence-corrected chi connectivity index (χ1v) is 7.80. The van der Waals surface area contributed by atoms with Gasteiger partial charge in [0.05, 0.1) is 12.2 Å². The minimum absolute atomic E-state index is 0.0231. The van der Waals surface area contributed by atoms with Gasteiger partial charge in [-0.15, -0.1) is 0 Å². The van der Waals surface area contributed by atoms with Gasteiger partial charge in [0.2, 0.25) is 5.91 Å². The van der Waals surface area contributed by atoms with E-state index in [0.717, 1.165) is 56.9 Å². The third-order valence-corrected chi connectivity index (χ3v) is 4.50. The molecule has 1 atom stereocenters. The summed E-state index contributed by atoms with van der Waals surface area (Å²) in [7, 11) is 0. The number of hydrogen-bond acceptors (Lipinski definition) is 5. The normalized spacial score (nSPS) is 22.2. The second kappa shape index (κ2) is 6.15. The molecule has 1 saturated carbocycles. The zero-order chi connectivity index (χ0) is 14.8. The fraction of sp³-hybridized carbons (Fsp3) is 0.733. The molecule has 116 valence electrons. The molecule has 1 saturated heterocycles. The number of aromatic nitrogens is 1. The van der Waals surface area contributed by atoms with Crippen LogP contribution in [0.2, 0.25) is 0 Å². The maximum Gasteiger partial charge on any atom is 0.237 e. The molecule has 2 heterocycles. The van der Waals surface area contributed by atoms with E-state index in [0.29, 0.717) is 6.04 Å². The molecule has 1 aromatic heterocycles. The fourth-order valence-corrected chi connectivity index (χ4v) is 2.74. The molecule has 0 spiro atoms. The molecule has 3 rings (SSSR count). The number of nitrogens with one attached hydrogen (secondary N) is 1. The van der Waals surface area contributed by atoms with Gasteiger partial charge in [-0.1, -0.05) is 5.16 Å². The van der Waals surface area contributed by atoms with E-state index < -0.39 is 0 Å². The third kappa shape index (κ3) is 3.63. The minimum atomic E-state index is -0.0231. The summed E-state index contributed by atoms with van der Waals surface area (Å²) in [6, 6.07) is 0.419. The molecular formula is C15H24N4O2. The van der Waals surface area contributed by atoms with E-state index in [4.69, 9.17) is 4.52 Å². The molecular weight excluding hydrogens is 268 g/mol. The third-order valence-electron chi connectivity index (χ3n) is 4.50. The molecule has 1 N–H and O–H groups in total. The highest BCUT2D eigenvalue weighted by Crippen LogP contribution is 2.19. The number of nitrogens with zero attached hydrogens (tertiary/aromatic N) is 3. The summed E-state index contributed by atoms with van der Waals surface area (Å²) in [4.78, 5) is 16.8. The molecule has 2 fully saturated rings. The van der Waals surface area contributed by atoms with Crippen LogP contribution in [0.3, 0.4) is 0 Å². The van der Waals surface area contributed by atoms with Crippen LogP contribution in [0, 0.1) is 6.92 Å². The van der Waals surface area contributed by atoms with Crippen molar-refractivity contribution in [3.63, 3.8) is 0 Å². The second-order valence-electron chi connectivity index (χ2n) is 6.18. The van der Waals surface area contributed by atoms with Crippen LogP contribution in [0.4, 0.5) is 0 Å². The maximum atomic E-state index is 12.1. The molecule has 2 aliphatic rings. The lowest BCUT2D eigenvalue weighted by Crippen LogP contribution is -2.53. The first kappa shape index (κ1) is 14.5. The van der Waals surface area contributed by atoms with Crippen molar-refractivity contribution in [3.05, 3.63) is 17.5 Å². The first-order chi connectivity index (χ1) is 10.1. The Hall–Kier alpha value is -1.40. The lowest BCUT2D eigenvalue weighted by Gasteiger charge is -2.37. The Kier molecular flexibility index (Phi) is 4.26. The number of piperazine rings is 1. The highest BCUT2D eigenvalue weighted by Gasteiger charge is 2.30. The van der Waals surface area contributed by atoms with E-state index >= 15 is 0 Å². The summed E-state index contributed by atoms with van der Waals surface area (Å²) < 4.78 is 5.10. The molecule has 1 aliphatic carbocycles. The lowest BCUT2D eigenvalue weighted by atomic mass is 10.2. The van der Waals surface area contributed by atoms with Gasteiger partial charge in [0.25, 0.3) is 0 Å². The molecule has 21 heavy (non-hydrogen) atoms. The van der Waals surface area contributed by atoms with Crippen molar-refractivity contribution < 1.29 is 9.32 Å². The van der Waals surface area contributed by atoms with Crippen molar-refractivity contribution in [3.8, 4) is 0 Å². The van der Waals surface area contributed by atoms with E-state index in [1.807, 2.05) is 13.8 Å². The van der Waals surface area contributed by atoms with Crippen molar-refractivity contribution in [1.82, 2.24) is 20.3 Å². The number of carbonyl (C=O) groups is 1. The number of hydrogen-bond donors (Lipinski definition) is 1. The number of carbonyl (C=O) groups excluding carboxylic acids is 1. The van der Waals surface area contributed by atoms with Crippen molar-refractivity contribution in [2.75, 3.05) is 26.2 Å². The van der Waals surface area contributed by atoms with Gasteiger partial charge < -0.3 is 9.84 Å². The van der Waals surface area contributed by atoms with Crippen LogP contribution in [-0.2, 0) is 11.3 Å². The van der Waals surface area contributed by atoms with Gasteiger partial charge in [-0.2, -0.15) is 0 Å². The van der Waals surface area contributed by atoms with Crippen LogP contribution in [-0.4, -0.2) is 59.1 Å². The molecule has 1 aliphatic heterocycles. The van der Waals surface area contributed by atoms with Crippen LogP contribution >= 0.6 is 0 Å². The quantitative estimate of drug-likeness (QED) is 0.868. The largest absolute Gasteiger partial charge is 0.361 e. The number of rotatable bonds is 5. The number of aryl methyl sites for hydroxylation is 1. The van der Waals surface area contributed by atoms with Gasteiger partial charge in [0, 0.05) is 44.3 Å². The SMILES string of the molecule is Cc1oncc1CN1CCN(C(C)C(=O)NC2CC2)CC1. The molecule has 6 nitrogen and oxygen atoms in total. The Balaban J connectivity index is 1.45. The van der Waals surface area contributed by atoms with Crippen LogP contribution in [0.1, 0.15) is 31.1 Å². The second-order valence-corrected chi connectivity index (χ2v) is 6.18. The summed E-state index contributed by atoms with van der Waals surface area (Å²) in [5, 5.41) is 6.91. The summed E-state index contributed by atoms with van der Waals surface area (Å²) in [5.74, 6) is 1.08. The van der Waals surface area contributed by atoms with Gasteiger partial charge >= 0.3 is 0 Å². The zero-order valence-corrected chi connectivity index (χ0v) is 12.8. The molecule has 1 aromatic rings. The Labute approximate surface area is 125 Å². The summed E-state index contributed by atoms with van der Waals surface area (Å²) in [5.41, 5.74) is 1.16. The predicted octanol–water partition coefficient (Wildman–Crippen LogP) is 0.768. The minimum Gasteiger partial charge on any atom is -0.361 e. The zero-order valence-electron chi connectivity index (χ0n) is 12.8. The van der Waals surface area contributed by atoms with Gasteiger partial charge in [-0.25, -0.2) is 0 Å². The molecule has 1 unspecified atom stereocenters. The monoisotopic (exact) mass is 292 g/mol. The van der Waals surface area contributed by atoms with Crippen LogP contribution in [0.5, 0.6) is 0 Å². The summed E-state index contributed by atoms with van der Waals surface area (Å²) in [6.45, 7) is 8.66. The molecule has 0 aromatic carbocycles. The lowest BCUT2D eigenvalue weighted by molar-refractivity contribution is -0.126. The van der Waals surface area contributed by atoms with Gasteiger partial charge in [0.15, 0.2) is 0 Å². The van der Waals surface area contributed by atoms with Crippen molar-refractivity contribution in [2.45, 2.75) is 45.3 Å². The fourth-order valence-electron chi connectivity index (χ4n) is 2.74.